The molecule has 2 aromatic rings. The Balaban J connectivity index is 1.32. The molecule has 2 aliphatic heterocycles. The first-order valence-corrected chi connectivity index (χ1v) is 15.8. The lowest BCUT2D eigenvalue weighted by Gasteiger charge is -2.38. The molecule has 2 aromatic carbocycles. The Labute approximate surface area is 251 Å². The molecule has 0 radical (unpaired) electrons. The Kier molecular flexibility index (Phi) is 13.3. The summed E-state index contributed by atoms with van der Waals surface area (Å²) in [5.41, 5.74) is 4.00. The Morgan fingerprint density at radius 1 is 0.833 bits per heavy atom. The van der Waals surface area contributed by atoms with Gasteiger partial charge in [-0.2, -0.15) is 0 Å². The van der Waals surface area contributed by atoms with Crippen molar-refractivity contribution in [1.82, 2.24) is 15.5 Å². The Morgan fingerprint density at radius 3 is 2.19 bits per heavy atom. The van der Waals surface area contributed by atoms with Gasteiger partial charge in [0, 0.05) is 45.0 Å². The average Bonchev–Trinajstić information content (AvgIpc) is 2.99. The van der Waals surface area contributed by atoms with Crippen LogP contribution in [-0.2, 0) is 32.2 Å². The van der Waals surface area contributed by atoms with Gasteiger partial charge in [-0.15, -0.1) is 0 Å². The lowest BCUT2D eigenvalue weighted by atomic mass is 9.99. The molecule has 2 aliphatic rings. The number of aliphatic hydroxyl groups is 1. The number of benzene rings is 2. The van der Waals surface area contributed by atoms with Crippen molar-refractivity contribution in [2.24, 2.45) is 0 Å². The van der Waals surface area contributed by atoms with E-state index in [4.69, 9.17) is 9.47 Å². The highest BCUT2D eigenvalue weighted by Crippen LogP contribution is 2.38. The van der Waals surface area contributed by atoms with Crippen LogP contribution in [0.25, 0.3) is 0 Å². The van der Waals surface area contributed by atoms with E-state index in [-0.39, 0.29) is 30.6 Å². The molecule has 0 aliphatic carbocycles. The molecule has 8 heteroatoms. The number of rotatable bonds is 13. The maximum atomic E-state index is 12.3. The first-order chi connectivity index (χ1) is 20.5. The number of nitrogens with zero attached hydrogens (tertiary/aromatic N) is 1. The second kappa shape index (κ2) is 17.4. The predicted octanol–water partition coefficient (Wildman–Crippen LogP) is 5.30. The van der Waals surface area contributed by atoms with Gasteiger partial charge in [0.2, 0.25) is 11.8 Å². The molecule has 2 saturated heterocycles. The summed E-state index contributed by atoms with van der Waals surface area (Å²) in [6.07, 6.45) is 9.83. The summed E-state index contributed by atoms with van der Waals surface area (Å²) in [7, 11) is 0. The number of hydrogen-bond donors (Lipinski definition) is 3. The van der Waals surface area contributed by atoms with E-state index in [0.29, 0.717) is 19.5 Å². The van der Waals surface area contributed by atoms with Gasteiger partial charge < -0.3 is 30.1 Å². The van der Waals surface area contributed by atoms with Gasteiger partial charge in [0.05, 0.1) is 18.8 Å². The monoisotopic (exact) mass is 579 g/mol. The van der Waals surface area contributed by atoms with Crippen molar-refractivity contribution in [3.8, 4) is 0 Å². The van der Waals surface area contributed by atoms with Crippen LogP contribution in [0.3, 0.4) is 0 Å². The van der Waals surface area contributed by atoms with Crippen LogP contribution in [0.4, 0.5) is 0 Å². The molecule has 0 aromatic heterocycles. The first kappa shape index (κ1) is 32.1. The molecule has 3 atom stereocenters. The van der Waals surface area contributed by atoms with Crippen molar-refractivity contribution in [1.29, 1.82) is 0 Å². The number of aliphatic hydroxyl groups excluding tert-OH is 1. The van der Waals surface area contributed by atoms with E-state index in [0.717, 1.165) is 67.6 Å². The van der Waals surface area contributed by atoms with E-state index < -0.39 is 6.29 Å². The summed E-state index contributed by atoms with van der Waals surface area (Å²) in [4.78, 5) is 25.8. The van der Waals surface area contributed by atoms with Crippen LogP contribution in [0, 0.1) is 0 Å². The van der Waals surface area contributed by atoms with Crippen LogP contribution in [0.1, 0.15) is 106 Å². The molecule has 2 fully saturated rings. The number of carbonyl (C=O) groups excluding carboxylic acids is 2. The zero-order chi connectivity index (χ0) is 29.6. The third-order valence-corrected chi connectivity index (χ3v) is 8.22. The molecule has 2 heterocycles. The zero-order valence-corrected chi connectivity index (χ0v) is 25.2. The standard InChI is InChI=1S/C34H49N3O5/c1-26(39)35-19-7-5-6-10-33(40)36-23-27-11-17-30(18-12-27)34-41-31(24-37-20-8-3-2-4-9-21-37)22-32(42-34)29-15-13-28(25-38)14-16-29/h11-18,31-32,34,38H,2-10,19-25H2,1H3,(H,35,39)(H,36,40)/t31-,32+,34+/m1/s1. The third-order valence-electron chi connectivity index (χ3n) is 8.22. The quantitative estimate of drug-likeness (QED) is 0.279. The fraction of sp³-hybridized carbons (Fsp3) is 0.588. The summed E-state index contributed by atoms with van der Waals surface area (Å²) >= 11 is 0. The number of nitrogens with one attached hydrogen (secondary N) is 2. The van der Waals surface area contributed by atoms with Gasteiger partial charge in [0.15, 0.2) is 6.29 Å². The first-order valence-electron chi connectivity index (χ1n) is 15.8. The van der Waals surface area contributed by atoms with E-state index in [1.54, 1.807) is 0 Å². The van der Waals surface area contributed by atoms with Gasteiger partial charge in [0.1, 0.15) is 0 Å². The molecule has 0 bridgehead atoms. The number of unbranched alkanes of at least 4 members (excludes halogenated alkanes) is 2. The number of likely N-dealkylation sites (tertiary alicyclic amines) is 1. The Bertz CT molecular complexity index is 1080. The van der Waals surface area contributed by atoms with E-state index >= 15 is 0 Å². The SMILES string of the molecule is CC(=O)NCCCCCC(=O)NCc1ccc([C@H]2O[C@@H](CN3CCCCCCC3)C[C@@H](c3ccc(CO)cc3)O2)cc1. The highest BCUT2D eigenvalue weighted by atomic mass is 16.7. The van der Waals surface area contributed by atoms with Crippen molar-refractivity contribution in [3.05, 3.63) is 70.8 Å². The van der Waals surface area contributed by atoms with Gasteiger partial charge in [-0.1, -0.05) is 74.2 Å². The van der Waals surface area contributed by atoms with Crippen LogP contribution < -0.4 is 10.6 Å². The summed E-state index contributed by atoms with van der Waals surface area (Å²) in [6, 6.07) is 16.2. The summed E-state index contributed by atoms with van der Waals surface area (Å²) in [5.74, 6) is 0.0244. The van der Waals surface area contributed by atoms with Crippen LogP contribution in [-0.4, -0.2) is 54.1 Å². The topological polar surface area (TPSA) is 100 Å². The largest absolute Gasteiger partial charge is 0.392 e. The van der Waals surface area contributed by atoms with Gasteiger partial charge in [-0.3, -0.25) is 9.59 Å². The Hall–Kier alpha value is -2.78. The van der Waals surface area contributed by atoms with E-state index in [9.17, 15) is 14.7 Å². The summed E-state index contributed by atoms with van der Waals surface area (Å²) < 4.78 is 13.1. The minimum Gasteiger partial charge on any atom is -0.392 e. The molecule has 230 valence electrons. The van der Waals surface area contributed by atoms with Crippen LogP contribution >= 0.6 is 0 Å². The fourth-order valence-corrected chi connectivity index (χ4v) is 5.75. The lowest BCUT2D eigenvalue weighted by molar-refractivity contribution is -0.253. The molecular weight excluding hydrogens is 530 g/mol. The van der Waals surface area contributed by atoms with Crippen LogP contribution in [0.2, 0.25) is 0 Å². The number of ether oxygens (including phenoxy) is 2. The third kappa shape index (κ3) is 10.8. The van der Waals surface area contributed by atoms with Crippen LogP contribution in [0.15, 0.2) is 48.5 Å². The van der Waals surface area contributed by atoms with Gasteiger partial charge in [-0.25, -0.2) is 0 Å². The highest BCUT2D eigenvalue weighted by Gasteiger charge is 2.33. The normalized spacial score (nSPS) is 21.7. The lowest BCUT2D eigenvalue weighted by Crippen LogP contribution is -2.40. The number of carbonyl (C=O) groups is 2. The molecule has 0 unspecified atom stereocenters. The van der Waals surface area contributed by atoms with Crippen molar-refractivity contribution in [2.45, 2.75) is 103 Å². The average molecular weight is 580 g/mol. The van der Waals surface area contributed by atoms with E-state index in [1.807, 2.05) is 36.4 Å². The van der Waals surface area contributed by atoms with Crippen molar-refractivity contribution >= 4 is 11.8 Å². The minimum atomic E-state index is -0.470. The van der Waals surface area contributed by atoms with E-state index in [2.05, 4.69) is 27.7 Å². The van der Waals surface area contributed by atoms with Crippen molar-refractivity contribution in [2.75, 3.05) is 26.2 Å². The highest BCUT2D eigenvalue weighted by molar-refractivity contribution is 5.75. The van der Waals surface area contributed by atoms with Crippen molar-refractivity contribution in [3.63, 3.8) is 0 Å². The molecule has 3 N–H and O–H groups in total. The van der Waals surface area contributed by atoms with E-state index in [1.165, 1.54) is 39.0 Å². The fourth-order valence-electron chi connectivity index (χ4n) is 5.75. The Morgan fingerprint density at radius 2 is 1.50 bits per heavy atom. The molecule has 8 nitrogen and oxygen atoms in total. The predicted molar refractivity (Wildman–Crippen MR) is 163 cm³/mol. The van der Waals surface area contributed by atoms with Crippen molar-refractivity contribution < 1.29 is 24.2 Å². The second-order valence-electron chi connectivity index (χ2n) is 11.7. The molecular formula is C34H49N3O5. The zero-order valence-electron chi connectivity index (χ0n) is 25.2. The molecule has 4 rings (SSSR count). The maximum absolute atomic E-state index is 12.3. The summed E-state index contributed by atoms with van der Waals surface area (Å²) in [5, 5.41) is 15.3. The van der Waals surface area contributed by atoms with Gasteiger partial charge in [0.25, 0.3) is 0 Å². The maximum Gasteiger partial charge on any atom is 0.220 e. The molecule has 42 heavy (non-hydrogen) atoms. The number of hydrogen-bond acceptors (Lipinski definition) is 6. The van der Waals surface area contributed by atoms with Gasteiger partial charge in [-0.05, 0) is 55.5 Å². The van der Waals surface area contributed by atoms with Gasteiger partial charge >= 0.3 is 0 Å². The molecule has 0 saturated carbocycles. The van der Waals surface area contributed by atoms with Crippen LogP contribution in [0.5, 0.6) is 0 Å². The molecule has 0 spiro atoms. The number of amides is 2. The molecule has 2 amide bonds. The summed E-state index contributed by atoms with van der Waals surface area (Å²) in [6.45, 7) is 5.84. The second-order valence-corrected chi connectivity index (χ2v) is 11.7. The smallest absolute Gasteiger partial charge is 0.220 e. The minimum absolute atomic E-state index is 0.0169.